The Hall–Kier alpha value is -0.910. The fraction of sp³-hybridized carbons (Fsp3) is 0.714. The molecule has 0 radical (unpaired) electrons. The van der Waals surface area contributed by atoms with Crippen molar-refractivity contribution in [1.29, 1.82) is 0 Å². The first-order valence-electron chi connectivity index (χ1n) is 7.31. The van der Waals surface area contributed by atoms with E-state index in [2.05, 4.69) is 26.7 Å². The molecular formula is C14H23ClN4O. The fourth-order valence-electron chi connectivity index (χ4n) is 2.39. The van der Waals surface area contributed by atoms with Gasteiger partial charge in [-0.1, -0.05) is 18.5 Å². The minimum Gasteiger partial charge on any atom is -0.374 e. The molecule has 20 heavy (non-hydrogen) atoms. The third-order valence-corrected chi connectivity index (χ3v) is 3.59. The maximum atomic E-state index is 6.08. The molecule has 1 aromatic heterocycles. The van der Waals surface area contributed by atoms with E-state index in [1.54, 1.807) is 0 Å². The van der Waals surface area contributed by atoms with E-state index in [1.165, 1.54) is 13.0 Å². The standard InChI is InChI=1S/C14H23ClN4O/c1-3-5-18-6-8-19(9-7-18)14-10-12(15)16-13(17-14)11-20-4-2/h10H,3-9,11H2,1-2H3. The Morgan fingerprint density at radius 1 is 1.20 bits per heavy atom. The van der Waals surface area contributed by atoms with Crippen molar-refractivity contribution in [3.8, 4) is 0 Å². The molecule has 0 amide bonds. The lowest BCUT2D eigenvalue weighted by Gasteiger charge is -2.35. The highest BCUT2D eigenvalue weighted by atomic mass is 35.5. The van der Waals surface area contributed by atoms with Gasteiger partial charge in [-0.25, -0.2) is 9.97 Å². The third kappa shape index (κ3) is 4.30. The number of hydrogen-bond donors (Lipinski definition) is 0. The third-order valence-electron chi connectivity index (χ3n) is 3.40. The molecule has 1 fully saturated rings. The minimum absolute atomic E-state index is 0.417. The summed E-state index contributed by atoms with van der Waals surface area (Å²) in [5, 5.41) is 0.487. The maximum Gasteiger partial charge on any atom is 0.158 e. The summed E-state index contributed by atoms with van der Waals surface area (Å²) < 4.78 is 5.36. The van der Waals surface area contributed by atoms with Crippen LogP contribution in [0, 0.1) is 0 Å². The number of hydrogen-bond acceptors (Lipinski definition) is 5. The molecule has 2 heterocycles. The molecule has 0 bridgehead atoms. The number of piperazine rings is 1. The zero-order valence-corrected chi connectivity index (χ0v) is 13.1. The molecule has 0 saturated carbocycles. The van der Waals surface area contributed by atoms with Crippen molar-refractivity contribution in [2.45, 2.75) is 26.9 Å². The fourth-order valence-corrected chi connectivity index (χ4v) is 2.58. The van der Waals surface area contributed by atoms with Gasteiger partial charge in [0, 0.05) is 38.9 Å². The highest BCUT2D eigenvalue weighted by Crippen LogP contribution is 2.18. The van der Waals surface area contributed by atoms with Gasteiger partial charge in [0.05, 0.1) is 0 Å². The quantitative estimate of drug-likeness (QED) is 0.753. The Morgan fingerprint density at radius 3 is 2.60 bits per heavy atom. The molecule has 0 unspecified atom stereocenters. The highest BCUT2D eigenvalue weighted by molar-refractivity contribution is 6.29. The number of halogens is 1. The van der Waals surface area contributed by atoms with E-state index in [9.17, 15) is 0 Å². The second-order valence-corrected chi connectivity index (χ2v) is 5.32. The van der Waals surface area contributed by atoms with Gasteiger partial charge in [-0.3, -0.25) is 4.90 Å². The zero-order chi connectivity index (χ0) is 14.4. The summed E-state index contributed by atoms with van der Waals surface area (Å²) in [5.74, 6) is 1.57. The molecule has 5 nitrogen and oxygen atoms in total. The average molecular weight is 299 g/mol. The van der Waals surface area contributed by atoms with Gasteiger partial charge in [-0.15, -0.1) is 0 Å². The number of aromatic nitrogens is 2. The molecule has 112 valence electrons. The molecule has 6 heteroatoms. The summed E-state index contributed by atoms with van der Waals surface area (Å²) in [6, 6.07) is 1.84. The van der Waals surface area contributed by atoms with Crippen LogP contribution in [0.25, 0.3) is 0 Å². The number of rotatable bonds is 6. The maximum absolute atomic E-state index is 6.08. The van der Waals surface area contributed by atoms with E-state index in [4.69, 9.17) is 16.3 Å². The van der Waals surface area contributed by atoms with E-state index in [0.29, 0.717) is 24.2 Å². The van der Waals surface area contributed by atoms with Gasteiger partial charge in [0.25, 0.3) is 0 Å². The van der Waals surface area contributed by atoms with Crippen molar-refractivity contribution >= 4 is 17.4 Å². The molecular weight excluding hydrogens is 276 g/mol. The minimum atomic E-state index is 0.417. The van der Waals surface area contributed by atoms with Gasteiger partial charge in [0.1, 0.15) is 17.6 Å². The van der Waals surface area contributed by atoms with Gasteiger partial charge < -0.3 is 9.64 Å². The van der Waals surface area contributed by atoms with Crippen LogP contribution in [0.2, 0.25) is 5.15 Å². The number of anilines is 1. The summed E-state index contributed by atoms with van der Waals surface area (Å²) in [6.07, 6.45) is 1.21. The number of ether oxygens (including phenoxy) is 1. The summed E-state index contributed by atoms with van der Waals surface area (Å²) >= 11 is 6.08. The zero-order valence-electron chi connectivity index (χ0n) is 12.3. The Labute approximate surface area is 125 Å². The van der Waals surface area contributed by atoms with Gasteiger partial charge in [0.15, 0.2) is 5.82 Å². The molecule has 1 aromatic rings. The van der Waals surface area contributed by atoms with Crippen molar-refractivity contribution in [2.24, 2.45) is 0 Å². The van der Waals surface area contributed by atoms with E-state index in [0.717, 1.165) is 32.0 Å². The van der Waals surface area contributed by atoms with Gasteiger partial charge >= 0.3 is 0 Å². The topological polar surface area (TPSA) is 41.5 Å². The van der Waals surface area contributed by atoms with Crippen molar-refractivity contribution in [1.82, 2.24) is 14.9 Å². The van der Waals surface area contributed by atoms with Crippen LogP contribution in [-0.2, 0) is 11.3 Å². The molecule has 0 spiro atoms. The van der Waals surface area contributed by atoms with Crippen LogP contribution >= 0.6 is 11.6 Å². The normalized spacial score (nSPS) is 16.6. The van der Waals surface area contributed by atoms with Crippen molar-refractivity contribution in [3.63, 3.8) is 0 Å². The predicted molar refractivity (Wildman–Crippen MR) is 81.3 cm³/mol. The molecule has 1 aliphatic heterocycles. The van der Waals surface area contributed by atoms with E-state index >= 15 is 0 Å². The van der Waals surface area contributed by atoms with Crippen molar-refractivity contribution < 1.29 is 4.74 Å². The first-order chi connectivity index (χ1) is 9.72. The molecule has 0 aliphatic carbocycles. The van der Waals surface area contributed by atoms with Gasteiger partial charge in [-0.05, 0) is 19.9 Å². The van der Waals surface area contributed by atoms with Crippen LogP contribution in [-0.4, -0.2) is 54.2 Å². The average Bonchev–Trinajstić information content (AvgIpc) is 2.46. The summed E-state index contributed by atoms with van der Waals surface area (Å²) in [7, 11) is 0. The van der Waals surface area contributed by atoms with Crippen LogP contribution < -0.4 is 4.90 Å². The van der Waals surface area contributed by atoms with Crippen LogP contribution in [0.4, 0.5) is 5.82 Å². The molecule has 1 aliphatic rings. The van der Waals surface area contributed by atoms with Gasteiger partial charge in [-0.2, -0.15) is 0 Å². The SMILES string of the molecule is CCCN1CCN(c2cc(Cl)nc(COCC)n2)CC1. The van der Waals surface area contributed by atoms with Crippen LogP contribution in [0.15, 0.2) is 6.07 Å². The summed E-state index contributed by atoms with van der Waals surface area (Å²) in [4.78, 5) is 13.5. The largest absolute Gasteiger partial charge is 0.374 e. The molecule has 0 aromatic carbocycles. The van der Waals surface area contributed by atoms with E-state index in [1.807, 2.05) is 13.0 Å². The second-order valence-electron chi connectivity index (χ2n) is 4.93. The first kappa shape index (κ1) is 15.5. The van der Waals surface area contributed by atoms with E-state index in [-0.39, 0.29) is 0 Å². The van der Waals surface area contributed by atoms with Crippen molar-refractivity contribution in [3.05, 3.63) is 17.0 Å². The summed E-state index contributed by atoms with van der Waals surface area (Å²) in [6.45, 7) is 10.6. The Kier molecular flexibility index (Phi) is 6.01. The smallest absolute Gasteiger partial charge is 0.158 e. The van der Waals surface area contributed by atoms with E-state index < -0.39 is 0 Å². The monoisotopic (exact) mass is 298 g/mol. The molecule has 0 N–H and O–H groups in total. The van der Waals surface area contributed by atoms with Crippen LogP contribution in [0.1, 0.15) is 26.1 Å². The first-order valence-corrected chi connectivity index (χ1v) is 7.69. The Bertz CT molecular complexity index is 422. The van der Waals surface area contributed by atoms with Crippen LogP contribution in [0.3, 0.4) is 0 Å². The molecule has 1 saturated heterocycles. The van der Waals surface area contributed by atoms with Crippen LogP contribution in [0.5, 0.6) is 0 Å². The lowest BCUT2D eigenvalue weighted by Crippen LogP contribution is -2.46. The van der Waals surface area contributed by atoms with Gasteiger partial charge in [0.2, 0.25) is 0 Å². The lowest BCUT2D eigenvalue weighted by atomic mass is 10.3. The predicted octanol–water partition coefficient (Wildman–Crippen LogP) is 2.20. The second kappa shape index (κ2) is 7.76. The molecule has 2 rings (SSSR count). The Balaban J connectivity index is 2.00. The number of nitrogens with zero attached hydrogens (tertiary/aromatic N) is 4. The molecule has 0 atom stereocenters. The lowest BCUT2D eigenvalue weighted by molar-refractivity contribution is 0.128. The van der Waals surface area contributed by atoms with Crippen molar-refractivity contribution in [2.75, 3.05) is 44.2 Å². The Morgan fingerprint density at radius 2 is 1.95 bits per heavy atom. The highest BCUT2D eigenvalue weighted by Gasteiger charge is 2.18. The summed E-state index contributed by atoms with van der Waals surface area (Å²) in [5.41, 5.74) is 0.